The maximum absolute atomic E-state index is 13.5. The Bertz CT molecular complexity index is 847. The molecule has 0 radical (unpaired) electrons. The molecule has 2 amide bonds. The molecule has 0 spiro atoms. The Morgan fingerprint density at radius 1 is 1.03 bits per heavy atom. The van der Waals surface area contributed by atoms with Crippen LogP contribution in [-0.2, 0) is 22.6 Å². The molecule has 3 rings (SSSR count). The number of amides is 2. The van der Waals surface area contributed by atoms with E-state index in [9.17, 15) is 9.59 Å². The summed E-state index contributed by atoms with van der Waals surface area (Å²) >= 11 is 0. The van der Waals surface area contributed by atoms with Crippen LogP contribution in [0.4, 0.5) is 0 Å². The van der Waals surface area contributed by atoms with Gasteiger partial charge in [-0.25, -0.2) is 0 Å². The van der Waals surface area contributed by atoms with Crippen LogP contribution in [0.3, 0.4) is 0 Å². The first-order valence-electron chi connectivity index (χ1n) is 11.4. The van der Waals surface area contributed by atoms with Crippen LogP contribution in [0.5, 0.6) is 5.75 Å². The minimum absolute atomic E-state index is 0.0254. The van der Waals surface area contributed by atoms with Gasteiger partial charge in [-0.3, -0.25) is 9.59 Å². The third kappa shape index (κ3) is 6.58. The van der Waals surface area contributed by atoms with E-state index in [1.54, 1.807) is 12.0 Å². The molecule has 1 saturated carbocycles. The largest absolute Gasteiger partial charge is 0.497 e. The molecule has 1 fully saturated rings. The SMILES string of the molecule is CCC(=O)N(Cc1cccc(OC)c1)[C@H](Cc1ccccc1)C(=O)NC1CCCCC1. The van der Waals surface area contributed by atoms with E-state index in [0.29, 0.717) is 19.4 Å². The molecule has 1 N–H and O–H groups in total. The van der Waals surface area contributed by atoms with E-state index in [1.165, 1.54) is 6.42 Å². The van der Waals surface area contributed by atoms with Gasteiger partial charge in [0.25, 0.3) is 0 Å². The fourth-order valence-electron chi connectivity index (χ4n) is 4.27. The number of hydrogen-bond donors (Lipinski definition) is 1. The zero-order valence-electron chi connectivity index (χ0n) is 18.7. The van der Waals surface area contributed by atoms with Gasteiger partial charge in [-0.05, 0) is 36.1 Å². The number of carbonyl (C=O) groups excluding carboxylic acids is 2. The van der Waals surface area contributed by atoms with E-state index in [4.69, 9.17) is 4.74 Å². The second-order valence-electron chi connectivity index (χ2n) is 8.28. The van der Waals surface area contributed by atoms with Gasteiger partial charge in [0.15, 0.2) is 0 Å². The molecule has 1 atom stereocenters. The quantitative estimate of drug-likeness (QED) is 0.648. The molecule has 5 nitrogen and oxygen atoms in total. The number of hydrogen-bond acceptors (Lipinski definition) is 3. The molecule has 31 heavy (non-hydrogen) atoms. The van der Waals surface area contributed by atoms with Crippen molar-refractivity contribution in [1.29, 1.82) is 0 Å². The number of nitrogens with zero attached hydrogens (tertiary/aromatic N) is 1. The van der Waals surface area contributed by atoms with Gasteiger partial charge in [-0.1, -0.05) is 68.7 Å². The second-order valence-corrected chi connectivity index (χ2v) is 8.28. The van der Waals surface area contributed by atoms with Crippen molar-refractivity contribution in [2.24, 2.45) is 0 Å². The molecular formula is C26H34N2O3. The molecule has 1 aliphatic rings. The van der Waals surface area contributed by atoms with Crippen LogP contribution in [0, 0.1) is 0 Å². The van der Waals surface area contributed by atoms with Gasteiger partial charge in [-0.2, -0.15) is 0 Å². The lowest BCUT2D eigenvalue weighted by molar-refractivity contribution is -0.141. The average molecular weight is 423 g/mol. The summed E-state index contributed by atoms with van der Waals surface area (Å²) in [6.07, 6.45) is 6.41. The standard InChI is InChI=1S/C26H34N2O3/c1-3-25(29)28(19-21-13-10-16-23(17-21)31-2)24(18-20-11-6-4-7-12-20)26(30)27-22-14-8-5-9-15-22/h4,6-7,10-13,16-17,22,24H,3,5,8-9,14-15,18-19H2,1-2H3,(H,27,30)/t24-/m1/s1. The Labute approximate surface area is 185 Å². The average Bonchev–Trinajstić information content (AvgIpc) is 2.82. The highest BCUT2D eigenvalue weighted by Crippen LogP contribution is 2.21. The van der Waals surface area contributed by atoms with Gasteiger partial charge in [0.1, 0.15) is 11.8 Å². The first-order valence-corrected chi connectivity index (χ1v) is 11.4. The first kappa shape index (κ1) is 22.9. The minimum Gasteiger partial charge on any atom is -0.497 e. The van der Waals surface area contributed by atoms with Crippen LogP contribution in [-0.4, -0.2) is 35.9 Å². The lowest BCUT2D eigenvalue weighted by Crippen LogP contribution is -2.52. The molecular weight excluding hydrogens is 388 g/mol. The van der Waals surface area contributed by atoms with Gasteiger partial charge in [0.2, 0.25) is 11.8 Å². The second kappa shape index (κ2) is 11.5. The highest BCUT2D eigenvalue weighted by molar-refractivity contribution is 5.88. The normalized spacial score (nSPS) is 15.2. The predicted molar refractivity (Wildman–Crippen MR) is 123 cm³/mol. The molecule has 0 aromatic heterocycles. The van der Waals surface area contributed by atoms with Crippen molar-refractivity contribution in [3.8, 4) is 5.75 Å². The number of benzene rings is 2. The number of carbonyl (C=O) groups is 2. The molecule has 1 aliphatic carbocycles. The van der Waals surface area contributed by atoms with Crippen LogP contribution in [0.15, 0.2) is 54.6 Å². The van der Waals surface area contributed by atoms with Gasteiger partial charge in [0.05, 0.1) is 7.11 Å². The van der Waals surface area contributed by atoms with Crippen molar-refractivity contribution < 1.29 is 14.3 Å². The van der Waals surface area contributed by atoms with Crippen molar-refractivity contribution in [3.63, 3.8) is 0 Å². The van der Waals surface area contributed by atoms with Crippen molar-refractivity contribution in [2.45, 2.75) is 70.5 Å². The van der Waals surface area contributed by atoms with E-state index in [-0.39, 0.29) is 17.9 Å². The van der Waals surface area contributed by atoms with Crippen molar-refractivity contribution in [1.82, 2.24) is 10.2 Å². The molecule has 0 saturated heterocycles. The number of nitrogens with one attached hydrogen (secondary N) is 1. The summed E-state index contributed by atoms with van der Waals surface area (Å²) in [5, 5.41) is 3.25. The van der Waals surface area contributed by atoms with Crippen LogP contribution >= 0.6 is 0 Å². The topological polar surface area (TPSA) is 58.6 Å². The van der Waals surface area contributed by atoms with Crippen LogP contribution in [0.2, 0.25) is 0 Å². The summed E-state index contributed by atoms with van der Waals surface area (Å²) in [6.45, 7) is 2.22. The Balaban J connectivity index is 1.87. The lowest BCUT2D eigenvalue weighted by Gasteiger charge is -2.33. The summed E-state index contributed by atoms with van der Waals surface area (Å²) < 4.78 is 5.34. The minimum atomic E-state index is -0.553. The van der Waals surface area contributed by atoms with Crippen molar-refractivity contribution in [3.05, 3.63) is 65.7 Å². The number of ether oxygens (including phenoxy) is 1. The summed E-state index contributed by atoms with van der Waals surface area (Å²) in [4.78, 5) is 28.2. The van der Waals surface area contributed by atoms with Gasteiger partial charge >= 0.3 is 0 Å². The summed E-state index contributed by atoms with van der Waals surface area (Å²) in [5.74, 6) is 0.663. The Morgan fingerprint density at radius 2 is 1.74 bits per heavy atom. The molecule has 0 bridgehead atoms. The zero-order valence-corrected chi connectivity index (χ0v) is 18.7. The Hall–Kier alpha value is -2.82. The van der Waals surface area contributed by atoms with Crippen LogP contribution in [0.25, 0.3) is 0 Å². The molecule has 0 unspecified atom stereocenters. The highest BCUT2D eigenvalue weighted by atomic mass is 16.5. The first-order chi connectivity index (χ1) is 15.1. The Morgan fingerprint density at radius 3 is 2.42 bits per heavy atom. The predicted octanol–water partition coefficient (Wildman–Crippen LogP) is 4.49. The smallest absolute Gasteiger partial charge is 0.243 e. The maximum atomic E-state index is 13.5. The van der Waals surface area contributed by atoms with E-state index >= 15 is 0 Å². The third-order valence-electron chi connectivity index (χ3n) is 6.01. The zero-order chi connectivity index (χ0) is 22.1. The molecule has 0 heterocycles. The molecule has 166 valence electrons. The van der Waals surface area contributed by atoms with Gasteiger partial charge in [-0.15, -0.1) is 0 Å². The fraction of sp³-hybridized carbons (Fsp3) is 0.462. The maximum Gasteiger partial charge on any atom is 0.243 e. The van der Waals surface area contributed by atoms with E-state index in [0.717, 1.165) is 42.6 Å². The van der Waals surface area contributed by atoms with Crippen LogP contribution < -0.4 is 10.1 Å². The number of methoxy groups -OCH3 is 1. The lowest BCUT2D eigenvalue weighted by atomic mass is 9.94. The summed E-state index contributed by atoms with van der Waals surface area (Å²) in [7, 11) is 1.63. The third-order valence-corrected chi connectivity index (χ3v) is 6.01. The molecule has 0 aliphatic heterocycles. The number of rotatable bonds is 9. The van der Waals surface area contributed by atoms with Crippen molar-refractivity contribution >= 4 is 11.8 Å². The summed E-state index contributed by atoms with van der Waals surface area (Å²) in [5.41, 5.74) is 2.00. The fourth-order valence-corrected chi connectivity index (χ4v) is 4.27. The summed E-state index contributed by atoms with van der Waals surface area (Å²) in [6, 6.07) is 17.3. The molecule has 5 heteroatoms. The monoisotopic (exact) mass is 422 g/mol. The Kier molecular flexibility index (Phi) is 8.51. The van der Waals surface area contributed by atoms with Gasteiger partial charge < -0.3 is 15.0 Å². The van der Waals surface area contributed by atoms with Gasteiger partial charge in [0, 0.05) is 25.4 Å². The van der Waals surface area contributed by atoms with E-state index < -0.39 is 6.04 Å². The van der Waals surface area contributed by atoms with Crippen molar-refractivity contribution in [2.75, 3.05) is 7.11 Å². The van der Waals surface area contributed by atoms with E-state index in [1.807, 2.05) is 61.5 Å². The molecule has 2 aromatic carbocycles. The highest BCUT2D eigenvalue weighted by Gasteiger charge is 2.31. The van der Waals surface area contributed by atoms with Crippen LogP contribution in [0.1, 0.15) is 56.6 Å². The van der Waals surface area contributed by atoms with E-state index in [2.05, 4.69) is 5.32 Å². The molecule has 2 aromatic rings.